The van der Waals surface area contributed by atoms with E-state index < -0.39 is 0 Å². The standard InChI is InChI=1S/C12H18N4O2/c1-3-16(8-11(17)14-2)12(18)15-10-6-4-9(13)5-7-10/h4-7H,3,8,13H2,1-2H3,(H,14,17)(H,15,18). The second-order valence-corrected chi connectivity index (χ2v) is 3.74. The molecule has 0 aliphatic carbocycles. The summed E-state index contributed by atoms with van der Waals surface area (Å²) in [6.07, 6.45) is 0. The van der Waals surface area contributed by atoms with E-state index in [9.17, 15) is 9.59 Å². The molecule has 1 rings (SSSR count). The van der Waals surface area contributed by atoms with Crippen LogP contribution in [0.5, 0.6) is 0 Å². The number of hydrogen-bond donors (Lipinski definition) is 3. The predicted molar refractivity (Wildman–Crippen MR) is 71.2 cm³/mol. The van der Waals surface area contributed by atoms with E-state index in [-0.39, 0.29) is 18.5 Å². The Morgan fingerprint density at radius 2 is 1.89 bits per heavy atom. The van der Waals surface area contributed by atoms with E-state index in [0.29, 0.717) is 17.9 Å². The molecule has 0 atom stereocenters. The van der Waals surface area contributed by atoms with Crippen LogP contribution in [0.3, 0.4) is 0 Å². The number of carbonyl (C=O) groups is 2. The molecule has 4 N–H and O–H groups in total. The van der Waals surface area contributed by atoms with E-state index in [0.717, 1.165) is 0 Å². The molecule has 6 nitrogen and oxygen atoms in total. The van der Waals surface area contributed by atoms with Crippen LogP contribution in [0.25, 0.3) is 0 Å². The Balaban J connectivity index is 2.62. The van der Waals surface area contributed by atoms with Crippen LogP contribution in [0.2, 0.25) is 0 Å². The first kappa shape index (κ1) is 13.8. The molecule has 0 radical (unpaired) electrons. The SMILES string of the molecule is CCN(CC(=O)NC)C(=O)Nc1ccc(N)cc1. The minimum Gasteiger partial charge on any atom is -0.399 e. The van der Waals surface area contributed by atoms with E-state index in [1.807, 2.05) is 6.92 Å². The number of carbonyl (C=O) groups excluding carboxylic acids is 2. The zero-order chi connectivity index (χ0) is 13.5. The molecule has 0 unspecified atom stereocenters. The first-order valence-electron chi connectivity index (χ1n) is 5.69. The van der Waals surface area contributed by atoms with Crippen molar-refractivity contribution in [2.24, 2.45) is 0 Å². The van der Waals surface area contributed by atoms with Gasteiger partial charge in [-0.15, -0.1) is 0 Å². The van der Waals surface area contributed by atoms with Crippen molar-refractivity contribution in [2.75, 3.05) is 31.2 Å². The molecule has 0 bridgehead atoms. The number of nitrogens with zero attached hydrogens (tertiary/aromatic N) is 1. The number of amides is 3. The first-order valence-corrected chi connectivity index (χ1v) is 5.69. The Labute approximate surface area is 106 Å². The Bertz CT molecular complexity index is 417. The minimum atomic E-state index is -0.314. The van der Waals surface area contributed by atoms with E-state index in [4.69, 9.17) is 5.73 Å². The van der Waals surface area contributed by atoms with Gasteiger partial charge in [0.2, 0.25) is 5.91 Å². The summed E-state index contributed by atoms with van der Waals surface area (Å²) >= 11 is 0. The molecule has 0 aliphatic rings. The zero-order valence-electron chi connectivity index (χ0n) is 10.6. The number of urea groups is 1. The highest BCUT2D eigenvalue weighted by Crippen LogP contribution is 2.11. The fraction of sp³-hybridized carbons (Fsp3) is 0.333. The van der Waals surface area contributed by atoms with Crippen molar-refractivity contribution in [1.82, 2.24) is 10.2 Å². The normalized spacial score (nSPS) is 9.67. The lowest BCUT2D eigenvalue weighted by Gasteiger charge is -2.20. The van der Waals surface area contributed by atoms with Gasteiger partial charge in [-0.25, -0.2) is 4.79 Å². The highest BCUT2D eigenvalue weighted by molar-refractivity contribution is 5.92. The summed E-state index contributed by atoms with van der Waals surface area (Å²) in [6.45, 7) is 2.30. The number of hydrogen-bond acceptors (Lipinski definition) is 3. The highest BCUT2D eigenvalue weighted by atomic mass is 16.2. The Morgan fingerprint density at radius 1 is 1.28 bits per heavy atom. The molecule has 1 aromatic carbocycles. The monoisotopic (exact) mass is 250 g/mol. The molecule has 6 heteroatoms. The van der Waals surface area contributed by atoms with Gasteiger partial charge in [0.1, 0.15) is 6.54 Å². The molecule has 0 aliphatic heterocycles. The maximum absolute atomic E-state index is 11.9. The number of anilines is 2. The number of nitrogen functional groups attached to an aromatic ring is 1. The molecule has 0 fully saturated rings. The maximum Gasteiger partial charge on any atom is 0.322 e. The van der Waals surface area contributed by atoms with Gasteiger partial charge in [-0.2, -0.15) is 0 Å². The number of likely N-dealkylation sites (N-methyl/N-ethyl adjacent to an activating group) is 2. The third-order valence-electron chi connectivity index (χ3n) is 2.44. The second-order valence-electron chi connectivity index (χ2n) is 3.74. The molecular formula is C12H18N4O2. The van der Waals surface area contributed by atoms with Crippen molar-refractivity contribution >= 4 is 23.3 Å². The number of nitrogens with one attached hydrogen (secondary N) is 2. The average molecular weight is 250 g/mol. The molecule has 0 aromatic heterocycles. The summed E-state index contributed by atoms with van der Waals surface area (Å²) in [5, 5.41) is 5.18. The molecule has 0 saturated carbocycles. The molecular weight excluding hydrogens is 232 g/mol. The van der Waals surface area contributed by atoms with Crippen LogP contribution in [0, 0.1) is 0 Å². The molecule has 0 heterocycles. The highest BCUT2D eigenvalue weighted by Gasteiger charge is 2.14. The number of nitrogens with two attached hydrogens (primary N) is 1. The summed E-state index contributed by atoms with van der Waals surface area (Å²) < 4.78 is 0. The summed E-state index contributed by atoms with van der Waals surface area (Å²) in [5.41, 5.74) is 6.82. The fourth-order valence-corrected chi connectivity index (χ4v) is 1.35. The predicted octanol–water partition coefficient (Wildman–Crippen LogP) is 0.869. The molecule has 1 aromatic rings. The van der Waals surface area contributed by atoms with Gasteiger partial charge in [0.15, 0.2) is 0 Å². The van der Waals surface area contributed by atoms with Crippen molar-refractivity contribution in [3.05, 3.63) is 24.3 Å². The van der Waals surface area contributed by atoms with Crippen molar-refractivity contribution in [2.45, 2.75) is 6.92 Å². The molecule has 18 heavy (non-hydrogen) atoms. The molecule has 0 spiro atoms. The lowest BCUT2D eigenvalue weighted by molar-refractivity contribution is -0.121. The van der Waals surface area contributed by atoms with Crippen molar-refractivity contribution in [3.8, 4) is 0 Å². The summed E-state index contributed by atoms with van der Waals surface area (Å²) in [4.78, 5) is 24.5. The van der Waals surface area contributed by atoms with Crippen LogP contribution in [0.1, 0.15) is 6.92 Å². The van der Waals surface area contributed by atoms with Crippen molar-refractivity contribution < 1.29 is 9.59 Å². The average Bonchev–Trinajstić information content (AvgIpc) is 2.38. The maximum atomic E-state index is 11.9. The van der Waals surface area contributed by atoms with Crippen LogP contribution in [0.4, 0.5) is 16.2 Å². The van der Waals surface area contributed by atoms with E-state index in [2.05, 4.69) is 10.6 Å². The Morgan fingerprint density at radius 3 is 2.39 bits per heavy atom. The number of rotatable bonds is 4. The van der Waals surface area contributed by atoms with Gasteiger partial charge in [-0.05, 0) is 31.2 Å². The van der Waals surface area contributed by atoms with E-state index in [1.54, 1.807) is 24.3 Å². The minimum absolute atomic E-state index is 0.0355. The topological polar surface area (TPSA) is 87.5 Å². The van der Waals surface area contributed by atoms with Crippen molar-refractivity contribution in [3.63, 3.8) is 0 Å². The van der Waals surface area contributed by atoms with Gasteiger partial charge in [0, 0.05) is 25.0 Å². The van der Waals surface area contributed by atoms with Crippen LogP contribution in [-0.2, 0) is 4.79 Å². The molecule has 98 valence electrons. The lowest BCUT2D eigenvalue weighted by Crippen LogP contribution is -2.41. The molecule has 3 amide bonds. The van der Waals surface area contributed by atoms with Crippen LogP contribution < -0.4 is 16.4 Å². The van der Waals surface area contributed by atoms with Gasteiger partial charge < -0.3 is 21.3 Å². The van der Waals surface area contributed by atoms with Gasteiger partial charge in [-0.3, -0.25) is 4.79 Å². The third-order valence-corrected chi connectivity index (χ3v) is 2.44. The van der Waals surface area contributed by atoms with Gasteiger partial charge in [0.25, 0.3) is 0 Å². The smallest absolute Gasteiger partial charge is 0.322 e. The second kappa shape index (κ2) is 6.48. The van der Waals surface area contributed by atoms with Crippen LogP contribution in [0.15, 0.2) is 24.3 Å². The first-order chi connectivity index (χ1) is 8.56. The fourth-order valence-electron chi connectivity index (χ4n) is 1.35. The lowest BCUT2D eigenvalue weighted by atomic mass is 10.3. The third kappa shape index (κ3) is 3.97. The van der Waals surface area contributed by atoms with Crippen LogP contribution >= 0.6 is 0 Å². The zero-order valence-corrected chi connectivity index (χ0v) is 10.6. The summed E-state index contributed by atoms with van der Waals surface area (Å²) in [5.74, 6) is -0.204. The van der Waals surface area contributed by atoms with Crippen LogP contribution in [-0.4, -0.2) is 37.0 Å². The Hall–Kier alpha value is -2.24. The van der Waals surface area contributed by atoms with E-state index in [1.165, 1.54) is 11.9 Å². The largest absolute Gasteiger partial charge is 0.399 e. The van der Waals surface area contributed by atoms with Gasteiger partial charge in [-0.1, -0.05) is 0 Å². The Kier molecular flexibility index (Phi) is 4.98. The van der Waals surface area contributed by atoms with E-state index >= 15 is 0 Å². The number of benzene rings is 1. The summed E-state index contributed by atoms with van der Waals surface area (Å²) in [6, 6.07) is 6.50. The van der Waals surface area contributed by atoms with Gasteiger partial charge in [0.05, 0.1) is 0 Å². The summed E-state index contributed by atoms with van der Waals surface area (Å²) in [7, 11) is 1.54. The molecule has 0 saturated heterocycles. The van der Waals surface area contributed by atoms with Crippen molar-refractivity contribution in [1.29, 1.82) is 0 Å². The van der Waals surface area contributed by atoms with Gasteiger partial charge >= 0.3 is 6.03 Å². The quantitative estimate of drug-likeness (QED) is 0.693.